The highest BCUT2D eigenvalue weighted by molar-refractivity contribution is 9.10. The van der Waals surface area contributed by atoms with E-state index in [1.165, 1.54) is 11.1 Å². The maximum Gasteiger partial charge on any atom is 0.303 e. The standard InChI is InChI=1S/C15H20BrNO2/c1-2-13(17)15(9-14(18)19)6-5-10-7-12(16)4-3-11(10)8-15/h3-4,7,13H,2,5-6,8-9,17H2,1H3,(H,18,19). The van der Waals surface area contributed by atoms with E-state index >= 15 is 0 Å². The van der Waals surface area contributed by atoms with Crippen molar-refractivity contribution in [2.75, 3.05) is 0 Å². The molecule has 0 saturated carbocycles. The van der Waals surface area contributed by atoms with Crippen molar-refractivity contribution in [2.24, 2.45) is 11.1 Å². The van der Waals surface area contributed by atoms with Gasteiger partial charge in [0.15, 0.2) is 0 Å². The summed E-state index contributed by atoms with van der Waals surface area (Å²) in [5.74, 6) is -0.746. The number of carboxylic acid groups (broad SMARTS) is 1. The fourth-order valence-electron chi connectivity index (χ4n) is 3.18. The third-order valence-electron chi connectivity index (χ3n) is 4.33. The molecule has 4 heteroatoms. The molecule has 0 aromatic heterocycles. The van der Waals surface area contributed by atoms with Crippen LogP contribution in [-0.4, -0.2) is 17.1 Å². The van der Waals surface area contributed by atoms with Gasteiger partial charge in [0.2, 0.25) is 0 Å². The summed E-state index contributed by atoms with van der Waals surface area (Å²) in [6.45, 7) is 2.03. The maximum atomic E-state index is 11.2. The average Bonchev–Trinajstić information content (AvgIpc) is 2.37. The van der Waals surface area contributed by atoms with Crippen molar-refractivity contribution in [3.05, 3.63) is 33.8 Å². The molecule has 3 nitrogen and oxygen atoms in total. The average molecular weight is 326 g/mol. The van der Waals surface area contributed by atoms with Crippen molar-refractivity contribution < 1.29 is 9.90 Å². The number of aryl methyl sites for hydroxylation is 1. The molecule has 1 aliphatic rings. The molecule has 104 valence electrons. The Morgan fingerprint density at radius 3 is 2.89 bits per heavy atom. The molecule has 0 saturated heterocycles. The van der Waals surface area contributed by atoms with Crippen LogP contribution in [-0.2, 0) is 17.6 Å². The highest BCUT2D eigenvalue weighted by atomic mass is 79.9. The lowest BCUT2D eigenvalue weighted by atomic mass is 9.65. The van der Waals surface area contributed by atoms with Gasteiger partial charge >= 0.3 is 5.97 Å². The normalized spacial score (nSPS) is 23.7. The van der Waals surface area contributed by atoms with Crippen LogP contribution in [0.5, 0.6) is 0 Å². The lowest BCUT2D eigenvalue weighted by Gasteiger charge is -2.41. The first kappa shape index (κ1) is 14.5. The Morgan fingerprint density at radius 1 is 1.53 bits per heavy atom. The van der Waals surface area contributed by atoms with Crippen LogP contribution in [0.4, 0.5) is 0 Å². The van der Waals surface area contributed by atoms with Gasteiger partial charge in [0.25, 0.3) is 0 Å². The largest absolute Gasteiger partial charge is 0.481 e. The van der Waals surface area contributed by atoms with Crippen LogP contribution >= 0.6 is 15.9 Å². The number of hydrogen-bond donors (Lipinski definition) is 2. The van der Waals surface area contributed by atoms with E-state index in [0.29, 0.717) is 0 Å². The van der Waals surface area contributed by atoms with Crippen molar-refractivity contribution in [2.45, 2.75) is 45.1 Å². The second-order valence-electron chi connectivity index (χ2n) is 5.54. The number of fused-ring (bicyclic) bond motifs is 1. The van der Waals surface area contributed by atoms with E-state index in [9.17, 15) is 9.90 Å². The summed E-state index contributed by atoms with van der Waals surface area (Å²) in [7, 11) is 0. The van der Waals surface area contributed by atoms with E-state index in [0.717, 1.165) is 30.2 Å². The van der Waals surface area contributed by atoms with E-state index in [1.807, 2.05) is 13.0 Å². The lowest BCUT2D eigenvalue weighted by molar-refractivity contribution is -0.140. The highest BCUT2D eigenvalue weighted by Crippen LogP contribution is 2.42. The molecule has 0 heterocycles. The number of benzene rings is 1. The molecule has 3 N–H and O–H groups in total. The zero-order chi connectivity index (χ0) is 14.0. The van der Waals surface area contributed by atoms with Gasteiger partial charge in [-0.05, 0) is 48.9 Å². The summed E-state index contributed by atoms with van der Waals surface area (Å²) in [4.78, 5) is 11.2. The molecular formula is C15H20BrNO2. The fourth-order valence-corrected chi connectivity index (χ4v) is 3.59. The lowest BCUT2D eigenvalue weighted by Crippen LogP contribution is -2.46. The van der Waals surface area contributed by atoms with Crippen LogP contribution in [0.2, 0.25) is 0 Å². The summed E-state index contributed by atoms with van der Waals surface area (Å²) in [6.07, 6.45) is 3.53. The van der Waals surface area contributed by atoms with Crippen molar-refractivity contribution >= 4 is 21.9 Å². The number of hydrogen-bond acceptors (Lipinski definition) is 2. The van der Waals surface area contributed by atoms with Gasteiger partial charge in [-0.1, -0.05) is 28.9 Å². The number of halogens is 1. The van der Waals surface area contributed by atoms with E-state index in [-0.39, 0.29) is 17.9 Å². The highest BCUT2D eigenvalue weighted by Gasteiger charge is 2.40. The Labute approximate surface area is 122 Å². The summed E-state index contributed by atoms with van der Waals surface area (Å²) >= 11 is 3.48. The third-order valence-corrected chi connectivity index (χ3v) is 4.83. The molecule has 0 spiro atoms. The van der Waals surface area contributed by atoms with Crippen molar-refractivity contribution in [3.63, 3.8) is 0 Å². The molecule has 0 aliphatic heterocycles. The number of aliphatic carboxylic acids is 1. The van der Waals surface area contributed by atoms with E-state index < -0.39 is 5.97 Å². The number of carbonyl (C=O) groups is 1. The molecule has 0 amide bonds. The minimum atomic E-state index is -0.746. The van der Waals surface area contributed by atoms with Crippen LogP contribution in [0.3, 0.4) is 0 Å². The van der Waals surface area contributed by atoms with E-state index in [2.05, 4.69) is 28.1 Å². The third kappa shape index (κ3) is 3.00. The Balaban J connectivity index is 2.33. The van der Waals surface area contributed by atoms with Crippen LogP contribution < -0.4 is 5.73 Å². The molecular weight excluding hydrogens is 306 g/mol. The van der Waals surface area contributed by atoms with Gasteiger partial charge in [0, 0.05) is 15.9 Å². The first-order valence-corrected chi connectivity index (χ1v) is 7.51. The van der Waals surface area contributed by atoms with Crippen LogP contribution in [0.25, 0.3) is 0 Å². The molecule has 2 rings (SSSR count). The van der Waals surface area contributed by atoms with E-state index in [4.69, 9.17) is 5.73 Å². The molecule has 0 radical (unpaired) electrons. The van der Waals surface area contributed by atoms with Gasteiger partial charge < -0.3 is 10.8 Å². The second-order valence-corrected chi connectivity index (χ2v) is 6.45. The Morgan fingerprint density at radius 2 is 2.26 bits per heavy atom. The first-order chi connectivity index (χ1) is 8.97. The van der Waals surface area contributed by atoms with Crippen LogP contribution in [0, 0.1) is 5.41 Å². The molecule has 0 bridgehead atoms. The van der Waals surface area contributed by atoms with Crippen molar-refractivity contribution in [1.82, 2.24) is 0 Å². The zero-order valence-corrected chi connectivity index (χ0v) is 12.7. The Bertz CT molecular complexity index is 489. The topological polar surface area (TPSA) is 63.3 Å². The molecule has 1 aromatic carbocycles. The fraction of sp³-hybridized carbons (Fsp3) is 0.533. The van der Waals surface area contributed by atoms with Crippen LogP contribution in [0.1, 0.15) is 37.3 Å². The first-order valence-electron chi connectivity index (χ1n) is 6.71. The SMILES string of the molecule is CCC(N)C1(CC(=O)O)CCc2cc(Br)ccc2C1. The summed E-state index contributed by atoms with van der Waals surface area (Å²) in [5.41, 5.74) is 8.52. The minimum absolute atomic E-state index is 0.0552. The summed E-state index contributed by atoms with van der Waals surface area (Å²) in [5, 5.41) is 9.20. The number of nitrogens with two attached hydrogens (primary N) is 1. The van der Waals surface area contributed by atoms with Crippen molar-refractivity contribution in [3.8, 4) is 0 Å². The van der Waals surface area contributed by atoms with Crippen molar-refractivity contribution in [1.29, 1.82) is 0 Å². The Hall–Kier alpha value is -0.870. The van der Waals surface area contributed by atoms with Gasteiger partial charge in [0.1, 0.15) is 0 Å². The Kier molecular flexibility index (Phi) is 4.31. The molecule has 19 heavy (non-hydrogen) atoms. The predicted molar refractivity (Wildman–Crippen MR) is 79.1 cm³/mol. The smallest absolute Gasteiger partial charge is 0.303 e. The van der Waals surface area contributed by atoms with Gasteiger partial charge in [-0.2, -0.15) is 0 Å². The van der Waals surface area contributed by atoms with Gasteiger partial charge in [-0.25, -0.2) is 0 Å². The van der Waals surface area contributed by atoms with E-state index in [1.54, 1.807) is 0 Å². The molecule has 1 aliphatic carbocycles. The minimum Gasteiger partial charge on any atom is -0.481 e. The molecule has 2 atom stereocenters. The summed E-state index contributed by atoms with van der Waals surface area (Å²) in [6, 6.07) is 6.20. The predicted octanol–water partition coefficient (Wildman–Crippen LogP) is 3.14. The second kappa shape index (κ2) is 5.63. The monoisotopic (exact) mass is 325 g/mol. The number of carboxylic acids is 1. The summed E-state index contributed by atoms with van der Waals surface area (Å²) < 4.78 is 1.08. The maximum absolute atomic E-state index is 11.2. The molecule has 0 fully saturated rings. The zero-order valence-electron chi connectivity index (χ0n) is 11.2. The van der Waals surface area contributed by atoms with Gasteiger partial charge in [0.05, 0.1) is 6.42 Å². The molecule has 2 unspecified atom stereocenters. The van der Waals surface area contributed by atoms with Gasteiger partial charge in [-0.3, -0.25) is 4.79 Å². The van der Waals surface area contributed by atoms with Crippen LogP contribution in [0.15, 0.2) is 22.7 Å². The van der Waals surface area contributed by atoms with Gasteiger partial charge in [-0.15, -0.1) is 0 Å². The quantitative estimate of drug-likeness (QED) is 0.893. The molecule has 1 aromatic rings. The number of rotatable bonds is 4.